The van der Waals surface area contributed by atoms with Gasteiger partial charge in [-0.1, -0.05) is 381 Å². The lowest BCUT2D eigenvalue weighted by Gasteiger charge is -2.21. The Labute approximate surface area is 613 Å². The highest BCUT2D eigenvalue weighted by molar-refractivity contribution is 7.47. The minimum Gasteiger partial charge on any atom is -0.462 e. The van der Waals surface area contributed by atoms with E-state index < -0.39 is 97.5 Å². The van der Waals surface area contributed by atoms with Crippen LogP contribution in [-0.2, 0) is 65.4 Å². The summed E-state index contributed by atoms with van der Waals surface area (Å²) >= 11 is 0. The number of rotatable bonds is 81. The highest BCUT2D eigenvalue weighted by Crippen LogP contribution is 2.45. The summed E-state index contributed by atoms with van der Waals surface area (Å²) in [5.74, 6) is -1.30. The van der Waals surface area contributed by atoms with E-state index in [1.807, 2.05) is 0 Å². The molecule has 0 fully saturated rings. The first-order valence-corrected chi connectivity index (χ1v) is 45.1. The van der Waals surface area contributed by atoms with Crippen molar-refractivity contribution in [2.75, 3.05) is 39.6 Å². The molecule has 0 rings (SSSR count). The van der Waals surface area contributed by atoms with Gasteiger partial charge in [-0.3, -0.25) is 37.3 Å². The largest absolute Gasteiger partial charge is 0.472 e. The summed E-state index contributed by atoms with van der Waals surface area (Å²) < 4.78 is 68.7. The first-order valence-electron chi connectivity index (χ1n) is 42.1. The van der Waals surface area contributed by atoms with Crippen molar-refractivity contribution in [3.8, 4) is 0 Å². The molecular weight excluding hydrogens is 1310 g/mol. The molecule has 0 saturated heterocycles. The molecule has 0 aliphatic heterocycles. The van der Waals surface area contributed by atoms with E-state index in [-0.39, 0.29) is 25.7 Å². The van der Waals surface area contributed by atoms with E-state index in [0.717, 1.165) is 95.8 Å². The first-order chi connectivity index (χ1) is 48.5. The summed E-state index contributed by atoms with van der Waals surface area (Å²) in [4.78, 5) is 73.0. The Morgan fingerprint density at radius 3 is 0.680 bits per heavy atom. The van der Waals surface area contributed by atoms with Crippen LogP contribution in [0, 0.1) is 5.92 Å². The summed E-state index contributed by atoms with van der Waals surface area (Å²) in [5.41, 5.74) is 0. The molecule has 0 bridgehead atoms. The van der Waals surface area contributed by atoms with Gasteiger partial charge >= 0.3 is 39.5 Å². The second-order valence-corrected chi connectivity index (χ2v) is 32.5. The van der Waals surface area contributed by atoms with E-state index in [2.05, 4.69) is 34.6 Å². The molecule has 17 nitrogen and oxygen atoms in total. The number of phosphoric ester groups is 2. The molecule has 0 spiro atoms. The van der Waals surface area contributed by atoms with Crippen molar-refractivity contribution in [2.24, 2.45) is 5.92 Å². The number of hydrogen-bond donors (Lipinski definition) is 3. The summed E-state index contributed by atoms with van der Waals surface area (Å²) in [6, 6.07) is 0. The highest BCUT2D eigenvalue weighted by Gasteiger charge is 2.30. The van der Waals surface area contributed by atoms with Crippen LogP contribution >= 0.6 is 15.6 Å². The number of carbonyl (C=O) groups excluding carboxylic acids is 4. The molecule has 0 aromatic rings. The zero-order valence-corrected chi connectivity index (χ0v) is 67.1. The average molecular weight is 1470 g/mol. The Balaban J connectivity index is 5.24. The minimum absolute atomic E-state index is 0.108. The Morgan fingerprint density at radius 2 is 0.460 bits per heavy atom. The highest BCUT2D eigenvalue weighted by atomic mass is 31.2. The van der Waals surface area contributed by atoms with Crippen LogP contribution < -0.4 is 0 Å². The minimum atomic E-state index is -4.96. The second-order valence-electron chi connectivity index (χ2n) is 29.6. The maximum atomic E-state index is 13.1. The van der Waals surface area contributed by atoms with Crippen molar-refractivity contribution in [1.82, 2.24) is 0 Å². The Kier molecular flexibility index (Phi) is 72.5. The van der Waals surface area contributed by atoms with Crippen LogP contribution in [-0.4, -0.2) is 96.7 Å². The SMILES string of the molecule is CCCCCCCCCCCCCCCCCCCCCC(=O)O[C@H](COC(=O)CCCCCCCCCCCCCCCCC(C)C)COP(=O)(O)OC[C@@H](O)COP(=O)(O)OC[C@@H](COC(=O)CCCCCCCCCCCCC)OC(=O)CCCCCCCCCCCCCCC. The molecule has 0 saturated carbocycles. The molecule has 0 heterocycles. The van der Waals surface area contributed by atoms with Crippen LogP contribution in [0.5, 0.6) is 0 Å². The molecule has 0 aliphatic carbocycles. The van der Waals surface area contributed by atoms with Gasteiger partial charge in [-0.25, -0.2) is 9.13 Å². The van der Waals surface area contributed by atoms with E-state index in [1.165, 1.54) is 257 Å². The summed E-state index contributed by atoms with van der Waals surface area (Å²) in [6.07, 6.45) is 65.1. The van der Waals surface area contributed by atoms with Gasteiger partial charge < -0.3 is 33.8 Å². The Morgan fingerprint density at radius 1 is 0.270 bits per heavy atom. The van der Waals surface area contributed by atoms with Crippen molar-refractivity contribution in [1.29, 1.82) is 0 Å². The van der Waals surface area contributed by atoms with Crippen molar-refractivity contribution in [3.63, 3.8) is 0 Å². The second kappa shape index (κ2) is 73.9. The van der Waals surface area contributed by atoms with Gasteiger partial charge in [0, 0.05) is 25.7 Å². The van der Waals surface area contributed by atoms with Gasteiger partial charge in [-0.05, 0) is 31.6 Å². The zero-order chi connectivity index (χ0) is 73.4. The van der Waals surface area contributed by atoms with Crippen molar-refractivity contribution in [3.05, 3.63) is 0 Å². The fourth-order valence-corrected chi connectivity index (χ4v) is 14.2. The predicted octanol–water partition coefficient (Wildman–Crippen LogP) is 24.4. The fraction of sp³-hybridized carbons (Fsp3) is 0.951. The number of unbranched alkanes of at least 4 members (excludes halogenated alkanes) is 53. The number of ether oxygens (including phenoxy) is 4. The van der Waals surface area contributed by atoms with Gasteiger partial charge in [-0.2, -0.15) is 0 Å². The number of phosphoric acid groups is 2. The third-order valence-electron chi connectivity index (χ3n) is 19.0. The van der Waals surface area contributed by atoms with E-state index in [0.29, 0.717) is 25.7 Å². The van der Waals surface area contributed by atoms with Gasteiger partial charge in [0.05, 0.1) is 26.4 Å². The van der Waals surface area contributed by atoms with E-state index in [1.54, 1.807) is 0 Å². The standard InChI is InChI=1S/C81H158O17P2/c1-6-9-12-15-18-21-24-26-27-28-29-30-31-37-42-47-52-57-62-67-81(86)98-77(71-92-79(84)65-60-55-50-45-40-36-33-32-35-39-43-48-53-58-63-74(4)5)73-96-100(89,90)94-69-75(82)68-93-99(87,88)95-72-76(70-91-78(83)64-59-54-49-44-38-23-20-17-14-11-8-3)97-80(85)66-61-56-51-46-41-34-25-22-19-16-13-10-7-2/h74-77,82H,6-73H2,1-5H3,(H,87,88)(H,89,90)/t75-,76+,77+/m0/s1. The average Bonchev–Trinajstić information content (AvgIpc) is 0.942. The molecule has 5 atom stereocenters. The topological polar surface area (TPSA) is 237 Å². The van der Waals surface area contributed by atoms with Gasteiger partial charge in [0.15, 0.2) is 12.2 Å². The van der Waals surface area contributed by atoms with E-state index in [9.17, 15) is 43.2 Å². The summed E-state index contributed by atoms with van der Waals surface area (Å²) in [6.45, 7) is 7.36. The first kappa shape index (κ1) is 98.1. The third kappa shape index (κ3) is 74.3. The van der Waals surface area contributed by atoms with Crippen molar-refractivity contribution < 1.29 is 80.2 Å². The normalized spacial score (nSPS) is 13.8. The van der Waals surface area contributed by atoms with Crippen molar-refractivity contribution >= 4 is 39.5 Å². The molecule has 100 heavy (non-hydrogen) atoms. The van der Waals surface area contributed by atoms with Crippen LogP contribution in [0.1, 0.15) is 433 Å². The van der Waals surface area contributed by atoms with Gasteiger partial charge in [0.1, 0.15) is 19.3 Å². The predicted molar refractivity (Wildman–Crippen MR) is 409 cm³/mol. The van der Waals surface area contributed by atoms with Crippen LogP contribution in [0.3, 0.4) is 0 Å². The molecule has 0 amide bonds. The van der Waals surface area contributed by atoms with Crippen LogP contribution in [0.4, 0.5) is 0 Å². The molecule has 0 aliphatic rings. The molecule has 0 aromatic carbocycles. The van der Waals surface area contributed by atoms with Gasteiger partial charge in [0.25, 0.3) is 0 Å². The van der Waals surface area contributed by atoms with Gasteiger partial charge in [0.2, 0.25) is 0 Å². The maximum Gasteiger partial charge on any atom is 0.472 e. The molecular formula is C81H158O17P2. The third-order valence-corrected chi connectivity index (χ3v) is 20.9. The Hall–Kier alpha value is -1.94. The van der Waals surface area contributed by atoms with E-state index in [4.69, 9.17) is 37.0 Å². The lowest BCUT2D eigenvalue weighted by atomic mass is 10.0. The number of carbonyl (C=O) groups is 4. The summed E-state index contributed by atoms with van der Waals surface area (Å²) in [5, 5.41) is 10.6. The molecule has 0 aromatic heterocycles. The molecule has 0 radical (unpaired) electrons. The van der Waals surface area contributed by atoms with Crippen molar-refractivity contribution in [2.45, 2.75) is 451 Å². The fourth-order valence-electron chi connectivity index (χ4n) is 12.6. The smallest absolute Gasteiger partial charge is 0.462 e. The maximum absolute atomic E-state index is 13.1. The number of aliphatic hydroxyl groups excluding tert-OH is 1. The monoisotopic (exact) mass is 1470 g/mol. The lowest BCUT2D eigenvalue weighted by molar-refractivity contribution is -0.161. The number of aliphatic hydroxyl groups is 1. The van der Waals surface area contributed by atoms with E-state index >= 15 is 0 Å². The quantitative estimate of drug-likeness (QED) is 0.0222. The molecule has 2 unspecified atom stereocenters. The molecule has 594 valence electrons. The Bertz CT molecular complexity index is 1910. The molecule has 3 N–H and O–H groups in total. The summed E-state index contributed by atoms with van der Waals surface area (Å²) in [7, 11) is -9.92. The lowest BCUT2D eigenvalue weighted by Crippen LogP contribution is -2.30. The molecule has 19 heteroatoms. The number of esters is 4. The van der Waals surface area contributed by atoms with Crippen LogP contribution in [0.2, 0.25) is 0 Å². The number of hydrogen-bond acceptors (Lipinski definition) is 15. The van der Waals surface area contributed by atoms with Gasteiger partial charge in [-0.15, -0.1) is 0 Å². The zero-order valence-electron chi connectivity index (χ0n) is 65.3. The van der Waals surface area contributed by atoms with Crippen LogP contribution in [0.25, 0.3) is 0 Å². The van der Waals surface area contributed by atoms with Crippen LogP contribution in [0.15, 0.2) is 0 Å².